The van der Waals surface area contributed by atoms with Crippen LogP contribution >= 0.6 is 0 Å². The second-order valence-electron chi connectivity index (χ2n) is 6.85. The van der Waals surface area contributed by atoms with E-state index in [1.54, 1.807) is 24.4 Å². The summed E-state index contributed by atoms with van der Waals surface area (Å²) in [5.74, 6) is 1.35. The fourth-order valence-electron chi connectivity index (χ4n) is 3.69. The summed E-state index contributed by atoms with van der Waals surface area (Å²) in [6, 6.07) is 7.39. The molecule has 0 radical (unpaired) electrons. The number of fused-ring (bicyclic) bond motifs is 2. The number of rotatable bonds is 4. The van der Waals surface area contributed by atoms with E-state index in [1.807, 2.05) is 19.3 Å². The summed E-state index contributed by atoms with van der Waals surface area (Å²) >= 11 is 0. The topological polar surface area (TPSA) is 87.8 Å². The van der Waals surface area contributed by atoms with E-state index in [4.69, 9.17) is 4.74 Å². The molecule has 3 heterocycles. The number of hydrogen-bond acceptors (Lipinski definition) is 5. The van der Waals surface area contributed by atoms with Crippen molar-refractivity contribution in [3.05, 3.63) is 54.0 Å². The minimum atomic E-state index is -1.01. The molecule has 0 spiro atoms. The van der Waals surface area contributed by atoms with Crippen molar-refractivity contribution in [2.24, 2.45) is 0 Å². The maximum absolute atomic E-state index is 11.2. The van der Waals surface area contributed by atoms with Gasteiger partial charge in [-0.2, -0.15) is 0 Å². The summed E-state index contributed by atoms with van der Waals surface area (Å²) in [7, 11) is 2.05. The lowest BCUT2D eigenvalue weighted by Crippen LogP contribution is -2.38. The highest BCUT2D eigenvalue weighted by Crippen LogP contribution is 2.33. The Bertz CT molecular complexity index is 998. The largest absolute Gasteiger partial charge is 0.464 e. The number of ether oxygens (including phenoxy) is 1. The molecule has 0 bridgehead atoms. The lowest BCUT2D eigenvalue weighted by Gasteiger charge is -2.34. The van der Waals surface area contributed by atoms with Crippen LogP contribution in [-0.4, -0.2) is 50.5 Å². The molecule has 7 heteroatoms. The van der Waals surface area contributed by atoms with Crippen LogP contribution in [-0.2, 0) is 13.0 Å². The summed E-state index contributed by atoms with van der Waals surface area (Å²) in [5, 5.41) is 19.2. The van der Waals surface area contributed by atoms with E-state index < -0.39 is 6.09 Å². The third-order valence-corrected chi connectivity index (χ3v) is 5.15. The number of benzene rings is 1. The minimum Gasteiger partial charge on any atom is -0.464 e. The van der Waals surface area contributed by atoms with Gasteiger partial charge in [0.2, 0.25) is 0 Å². The standard InChI is InChI=1S/C20H21N3O4/c1-22-12-17-14(8-15(22)5-7-24)10-21-11-19(17)27-16-2-3-18-13(9-16)4-6-23(18)20(25)26/h2-4,6,9-11,15,24H,5,7-8,12H2,1H3,(H,25,26). The van der Waals surface area contributed by atoms with Crippen LogP contribution in [0.1, 0.15) is 17.5 Å². The molecule has 4 rings (SSSR count). The highest BCUT2D eigenvalue weighted by atomic mass is 16.5. The number of likely N-dealkylation sites (N-methyl/N-ethyl adjacent to an activating group) is 1. The van der Waals surface area contributed by atoms with Crippen LogP contribution in [0.5, 0.6) is 11.5 Å². The molecule has 1 aromatic carbocycles. The van der Waals surface area contributed by atoms with Crippen molar-refractivity contribution in [3.8, 4) is 11.5 Å². The van der Waals surface area contributed by atoms with Crippen LogP contribution in [0, 0.1) is 0 Å². The summed E-state index contributed by atoms with van der Waals surface area (Å²) in [5.41, 5.74) is 2.86. The van der Waals surface area contributed by atoms with Gasteiger partial charge in [-0.3, -0.25) is 14.5 Å². The number of aliphatic hydroxyl groups is 1. The average Bonchev–Trinajstić information content (AvgIpc) is 3.07. The Hall–Kier alpha value is -2.90. The first-order chi connectivity index (χ1) is 13.1. The van der Waals surface area contributed by atoms with Gasteiger partial charge < -0.3 is 14.9 Å². The zero-order valence-corrected chi connectivity index (χ0v) is 15.0. The van der Waals surface area contributed by atoms with Crippen molar-refractivity contribution in [3.63, 3.8) is 0 Å². The van der Waals surface area contributed by atoms with Crippen LogP contribution in [0.25, 0.3) is 10.9 Å². The first kappa shape index (κ1) is 17.5. The van der Waals surface area contributed by atoms with Crippen LogP contribution in [0.3, 0.4) is 0 Å². The molecular formula is C20H21N3O4. The first-order valence-corrected chi connectivity index (χ1v) is 8.86. The molecule has 0 aliphatic carbocycles. The van der Waals surface area contributed by atoms with E-state index in [0.717, 1.165) is 35.9 Å². The molecular weight excluding hydrogens is 346 g/mol. The molecule has 2 N–H and O–H groups in total. The van der Waals surface area contributed by atoms with Crippen molar-refractivity contribution in [2.45, 2.75) is 25.4 Å². The van der Waals surface area contributed by atoms with Gasteiger partial charge in [-0.1, -0.05) is 0 Å². The minimum absolute atomic E-state index is 0.171. The zero-order valence-electron chi connectivity index (χ0n) is 15.0. The van der Waals surface area contributed by atoms with Gasteiger partial charge in [0.15, 0.2) is 0 Å². The molecule has 140 valence electrons. The van der Waals surface area contributed by atoms with E-state index in [1.165, 1.54) is 10.8 Å². The second kappa shape index (κ2) is 7.02. The van der Waals surface area contributed by atoms with Crippen molar-refractivity contribution in [1.29, 1.82) is 0 Å². The van der Waals surface area contributed by atoms with Gasteiger partial charge in [0.05, 0.1) is 11.7 Å². The maximum Gasteiger partial charge on any atom is 0.415 e. The highest BCUT2D eigenvalue weighted by molar-refractivity contribution is 5.89. The number of carboxylic acid groups (broad SMARTS) is 1. The monoisotopic (exact) mass is 367 g/mol. The Morgan fingerprint density at radius 3 is 2.96 bits per heavy atom. The average molecular weight is 367 g/mol. The van der Waals surface area contributed by atoms with Crippen molar-refractivity contribution in [1.82, 2.24) is 14.5 Å². The molecule has 3 aromatic rings. The molecule has 0 amide bonds. The van der Waals surface area contributed by atoms with Gasteiger partial charge in [-0.15, -0.1) is 0 Å². The van der Waals surface area contributed by atoms with Crippen molar-refractivity contribution in [2.75, 3.05) is 13.7 Å². The molecule has 7 nitrogen and oxygen atoms in total. The van der Waals surface area contributed by atoms with Crippen molar-refractivity contribution < 1.29 is 19.7 Å². The molecule has 1 unspecified atom stereocenters. The number of aromatic nitrogens is 2. The Balaban J connectivity index is 1.63. The zero-order chi connectivity index (χ0) is 19.0. The molecule has 1 aliphatic heterocycles. The van der Waals surface area contributed by atoms with Crippen LogP contribution in [0.4, 0.5) is 4.79 Å². The quantitative estimate of drug-likeness (QED) is 0.737. The third kappa shape index (κ3) is 3.27. The molecule has 1 atom stereocenters. The van der Waals surface area contributed by atoms with Gasteiger partial charge in [0.1, 0.15) is 11.5 Å². The Morgan fingerprint density at radius 1 is 1.33 bits per heavy atom. The summed E-state index contributed by atoms with van der Waals surface area (Å²) in [6.45, 7) is 0.902. The summed E-state index contributed by atoms with van der Waals surface area (Å²) < 4.78 is 7.28. The Kier molecular flexibility index (Phi) is 4.55. The molecule has 0 saturated heterocycles. The molecule has 0 saturated carbocycles. The SMILES string of the molecule is CN1Cc2c(cncc2Oc2ccc3c(ccn3C(=O)O)c2)CC1CCO. The number of pyridine rings is 1. The first-order valence-electron chi connectivity index (χ1n) is 8.86. The van der Waals surface area contributed by atoms with Gasteiger partial charge in [0, 0.05) is 42.5 Å². The summed E-state index contributed by atoms with van der Waals surface area (Å²) in [6.07, 6.45) is 5.66. The number of nitrogens with zero attached hydrogens (tertiary/aromatic N) is 3. The van der Waals surface area contributed by atoms with Crippen LogP contribution < -0.4 is 4.74 Å². The van der Waals surface area contributed by atoms with Gasteiger partial charge >= 0.3 is 6.09 Å². The summed E-state index contributed by atoms with van der Waals surface area (Å²) in [4.78, 5) is 17.8. The van der Waals surface area contributed by atoms with Crippen LogP contribution in [0.2, 0.25) is 0 Å². The van der Waals surface area contributed by atoms with E-state index in [9.17, 15) is 15.0 Å². The van der Waals surface area contributed by atoms with E-state index in [0.29, 0.717) is 23.1 Å². The predicted molar refractivity (Wildman–Crippen MR) is 100 cm³/mol. The molecule has 0 fully saturated rings. The Labute approximate surface area is 156 Å². The van der Waals surface area contributed by atoms with E-state index >= 15 is 0 Å². The highest BCUT2D eigenvalue weighted by Gasteiger charge is 2.26. The second-order valence-corrected chi connectivity index (χ2v) is 6.85. The molecule has 1 aliphatic rings. The number of carbonyl (C=O) groups is 1. The van der Waals surface area contributed by atoms with E-state index in [-0.39, 0.29) is 6.61 Å². The van der Waals surface area contributed by atoms with Gasteiger partial charge in [-0.05, 0) is 49.7 Å². The fraction of sp³-hybridized carbons (Fsp3) is 0.300. The predicted octanol–water partition coefficient (Wildman–Crippen LogP) is 3.09. The van der Waals surface area contributed by atoms with Crippen LogP contribution in [0.15, 0.2) is 42.9 Å². The number of hydrogen-bond donors (Lipinski definition) is 2. The third-order valence-electron chi connectivity index (χ3n) is 5.15. The smallest absolute Gasteiger partial charge is 0.415 e. The van der Waals surface area contributed by atoms with E-state index in [2.05, 4.69) is 9.88 Å². The molecule has 2 aromatic heterocycles. The normalized spacial score (nSPS) is 17.0. The fourth-order valence-corrected chi connectivity index (χ4v) is 3.69. The van der Waals surface area contributed by atoms with Crippen molar-refractivity contribution >= 4 is 17.0 Å². The van der Waals surface area contributed by atoms with Gasteiger partial charge in [-0.25, -0.2) is 4.79 Å². The molecule has 27 heavy (non-hydrogen) atoms. The lowest BCUT2D eigenvalue weighted by molar-refractivity contribution is 0.165. The maximum atomic E-state index is 11.2. The lowest BCUT2D eigenvalue weighted by atomic mass is 9.94. The number of aliphatic hydroxyl groups excluding tert-OH is 1. The van der Waals surface area contributed by atoms with Gasteiger partial charge in [0.25, 0.3) is 0 Å². The Morgan fingerprint density at radius 2 is 2.19 bits per heavy atom.